The van der Waals surface area contributed by atoms with E-state index >= 15 is 0 Å². The summed E-state index contributed by atoms with van der Waals surface area (Å²) in [7, 11) is -3.48. The third-order valence-corrected chi connectivity index (χ3v) is 3.26. The molecule has 0 bridgehead atoms. The third-order valence-electron chi connectivity index (χ3n) is 2.66. The van der Waals surface area contributed by atoms with Crippen LogP contribution in [0, 0.1) is 0 Å². The SMILES string of the molecule is CS(=O)(=O)NC(=O)CCc1ccnc2ccccc12. The monoisotopic (exact) mass is 278 g/mol. The zero-order valence-electron chi connectivity index (χ0n) is 10.5. The first-order chi connectivity index (χ1) is 8.96. The summed E-state index contributed by atoms with van der Waals surface area (Å²) < 4.78 is 23.8. The van der Waals surface area contributed by atoms with Crippen molar-refractivity contribution >= 4 is 26.8 Å². The van der Waals surface area contributed by atoms with Crippen molar-refractivity contribution in [2.45, 2.75) is 12.8 Å². The second-order valence-corrected chi connectivity index (χ2v) is 6.03. The van der Waals surface area contributed by atoms with Crippen LogP contribution in [0.25, 0.3) is 10.9 Å². The average molecular weight is 278 g/mol. The van der Waals surface area contributed by atoms with E-state index in [1.807, 2.05) is 35.1 Å². The largest absolute Gasteiger partial charge is 0.274 e. The van der Waals surface area contributed by atoms with Gasteiger partial charge in [0.15, 0.2) is 0 Å². The van der Waals surface area contributed by atoms with Gasteiger partial charge in [-0.1, -0.05) is 18.2 Å². The number of hydrogen-bond acceptors (Lipinski definition) is 4. The first-order valence-corrected chi connectivity index (χ1v) is 7.68. The van der Waals surface area contributed by atoms with Crippen molar-refractivity contribution in [3.8, 4) is 0 Å². The van der Waals surface area contributed by atoms with Crippen molar-refractivity contribution in [3.63, 3.8) is 0 Å². The average Bonchev–Trinajstić information content (AvgIpc) is 2.34. The van der Waals surface area contributed by atoms with E-state index in [2.05, 4.69) is 4.98 Å². The van der Waals surface area contributed by atoms with Gasteiger partial charge in [0.05, 0.1) is 11.8 Å². The van der Waals surface area contributed by atoms with Crippen LogP contribution in [-0.2, 0) is 21.2 Å². The fourth-order valence-electron chi connectivity index (χ4n) is 1.88. The highest BCUT2D eigenvalue weighted by Crippen LogP contribution is 2.17. The molecule has 0 aliphatic rings. The third kappa shape index (κ3) is 3.75. The Bertz CT molecular complexity index is 705. The lowest BCUT2D eigenvalue weighted by Crippen LogP contribution is -2.29. The summed E-state index contributed by atoms with van der Waals surface area (Å²) in [6, 6.07) is 9.48. The van der Waals surface area contributed by atoms with E-state index in [4.69, 9.17) is 0 Å². The number of sulfonamides is 1. The van der Waals surface area contributed by atoms with Crippen molar-refractivity contribution in [3.05, 3.63) is 42.1 Å². The van der Waals surface area contributed by atoms with E-state index < -0.39 is 15.9 Å². The number of nitrogens with zero attached hydrogens (tertiary/aromatic N) is 1. The number of carbonyl (C=O) groups is 1. The number of benzene rings is 1. The van der Waals surface area contributed by atoms with Gasteiger partial charge in [0.25, 0.3) is 0 Å². The van der Waals surface area contributed by atoms with Gasteiger partial charge in [0.1, 0.15) is 0 Å². The Hall–Kier alpha value is -1.95. The minimum absolute atomic E-state index is 0.126. The summed E-state index contributed by atoms with van der Waals surface area (Å²) in [5.74, 6) is -0.497. The molecule has 100 valence electrons. The topological polar surface area (TPSA) is 76.1 Å². The Morgan fingerprint density at radius 2 is 2.00 bits per heavy atom. The normalized spacial score (nSPS) is 11.4. The summed E-state index contributed by atoms with van der Waals surface area (Å²) in [5.41, 5.74) is 1.85. The molecule has 0 atom stereocenters. The van der Waals surface area contributed by atoms with E-state index in [0.29, 0.717) is 6.42 Å². The van der Waals surface area contributed by atoms with Crippen molar-refractivity contribution in [2.24, 2.45) is 0 Å². The lowest BCUT2D eigenvalue weighted by Gasteiger charge is -2.06. The smallest absolute Gasteiger partial charge is 0.233 e. The predicted octanol–water partition coefficient (Wildman–Crippen LogP) is 1.24. The van der Waals surface area contributed by atoms with Crippen LogP contribution >= 0.6 is 0 Å². The van der Waals surface area contributed by atoms with Gasteiger partial charge in [-0.2, -0.15) is 0 Å². The quantitative estimate of drug-likeness (QED) is 0.913. The van der Waals surface area contributed by atoms with Crippen LogP contribution in [0.15, 0.2) is 36.5 Å². The fourth-order valence-corrected chi connectivity index (χ4v) is 2.39. The molecule has 0 aliphatic carbocycles. The van der Waals surface area contributed by atoms with Gasteiger partial charge in [0, 0.05) is 18.0 Å². The number of hydrogen-bond donors (Lipinski definition) is 1. The number of amides is 1. The molecule has 0 saturated heterocycles. The molecule has 0 fully saturated rings. The molecule has 2 rings (SSSR count). The molecule has 0 unspecified atom stereocenters. The summed E-state index contributed by atoms with van der Waals surface area (Å²) in [5, 5.41) is 0.983. The first-order valence-electron chi connectivity index (χ1n) is 5.79. The zero-order chi connectivity index (χ0) is 13.9. The summed E-state index contributed by atoms with van der Waals surface area (Å²) in [4.78, 5) is 15.7. The molecule has 1 aromatic heterocycles. The van der Waals surface area contributed by atoms with Gasteiger partial charge < -0.3 is 0 Å². The van der Waals surface area contributed by atoms with Crippen LogP contribution in [0.3, 0.4) is 0 Å². The van der Waals surface area contributed by atoms with E-state index in [1.54, 1.807) is 6.20 Å². The summed E-state index contributed by atoms with van der Waals surface area (Å²) >= 11 is 0. The molecule has 1 N–H and O–H groups in total. The minimum Gasteiger partial charge on any atom is -0.274 e. The predicted molar refractivity (Wildman–Crippen MR) is 73.1 cm³/mol. The maximum Gasteiger partial charge on any atom is 0.233 e. The molecule has 1 amide bonds. The number of rotatable bonds is 4. The molecule has 6 heteroatoms. The number of para-hydroxylation sites is 1. The number of carbonyl (C=O) groups excluding carboxylic acids is 1. The molecule has 0 saturated carbocycles. The van der Waals surface area contributed by atoms with Gasteiger partial charge in [0.2, 0.25) is 15.9 Å². The second kappa shape index (κ2) is 5.36. The molecule has 0 aliphatic heterocycles. The van der Waals surface area contributed by atoms with Gasteiger partial charge in [-0.05, 0) is 24.1 Å². The highest BCUT2D eigenvalue weighted by Gasteiger charge is 2.09. The lowest BCUT2D eigenvalue weighted by molar-refractivity contribution is -0.119. The minimum atomic E-state index is -3.48. The van der Waals surface area contributed by atoms with E-state index in [1.165, 1.54) is 0 Å². The van der Waals surface area contributed by atoms with Crippen molar-refractivity contribution in [1.29, 1.82) is 0 Å². The Morgan fingerprint density at radius 3 is 2.74 bits per heavy atom. The van der Waals surface area contributed by atoms with E-state index in [-0.39, 0.29) is 6.42 Å². The molecular weight excluding hydrogens is 264 g/mol. The lowest BCUT2D eigenvalue weighted by atomic mass is 10.0. The van der Waals surface area contributed by atoms with E-state index in [0.717, 1.165) is 22.7 Å². The number of pyridine rings is 1. The number of fused-ring (bicyclic) bond motifs is 1. The second-order valence-electron chi connectivity index (χ2n) is 4.28. The van der Waals surface area contributed by atoms with E-state index in [9.17, 15) is 13.2 Å². The maximum absolute atomic E-state index is 11.5. The number of nitrogens with one attached hydrogen (secondary N) is 1. The van der Waals surface area contributed by atoms with Crippen LogP contribution in [0.4, 0.5) is 0 Å². The van der Waals surface area contributed by atoms with Gasteiger partial charge in [-0.15, -0.1) is 0 Å². The molecule has 2 aromatic rings. The Labute approximate surface area is 111 Å². The van der Waals surface area contributed by atoms with Crippen molar-refractivity contribution in [2.75, 3.05) is 6.26 Å². The van der Waals surface area contributed by atoms with Gasteiger partial charge >= 0.3 is 0 Å². The van der Waals surface area contributed by atoms with Crippen LogP contribution in [0.5, 0.6) is 0 Å². The number of aryl methyl sites for hydroxylation is 1. The molecular formula is C13H14N2O3S. The fraction of sp³-hybridized carbons (Fsp3) is 0.231. The molecule has 0 radical (unpaired) electrons. The van der Waals surface area contributed by atoms with Crippen LogP contribution in [0.2, 0.25) is 0 Å². The van der Waals surface area contributed by atoms with Crippen molar-refractivity contribution < 1.29 is 13.2 Å². The first kappa shape index (κ1) is 13.5. The Balaban J connectivity index is 2.12. The zero-order valence-corrected chi connectivity index (χ0v) is 11.3. The number of aromatic nitrogens is 1. The van der Waals surface area contributed by atoms with Gasteiger partial charge in [-0.3, -0.25) is 14.5 Å². The highest BCUT2D eigenvalue weighted by molar-refractivity contribution is 7.89. The summed E-state index contributed by atoms with van der Waals surface area (Å²) in [6.45, 7) is 0. The van der Waals surface area contributed by atoms with Gasteiger partial charge in [-0.25, -0.2) is 8.42 Å². The van der Waals surface area contributed by atoms with Crippen LogP contribution < -0.4 is 4.72 Å². The Kier molecular flexibility index (Phi) is 3.80. The highest BCUT2D eigenvalue weighted by atomic mass is 32.2. The van der Waals surface area contributed by atoms with Crippen LogP contribution in [0.1, 0.15) is 12.0 Å². The molecule has 1 heterocycles. The Morgan fingerprint density at radius 1 is 1.26 bits per heavy atom. The standard InChI is InChI=1S/C13H14N2O3S/c1-19(17,18)15-13(16)7-6-10-8-9-14-12-5-3-2-4-11(10)12/h2-5,8-9H,6-7H2,1H3,(H,15,16). The van der Waals surface area contributed by atoms with Crippen molar-refractivity contribution in [1.82, 2.24) is 9.71 Å². The molecule has 1 aromatic carbocycles. The molecule has 0 spiro atoms. The summed E-state index contributed by atoms with van der Waals surface area (Å²) in [6.07, 6.45) is 3.25. The maximum atomic E-state index is 11.5. The van der Waals surface area contributed by atoms with Crippen LogP contribution in [-0.4, -0.2) is 25.6 Å². The molecule has 19 heavy (non-hydrogen) atoms. The molecule has 5 nitrogen and oxygen atoms in total.